The Labute approximate surface area is 109 Å². The van der Waals surface area contributed by atoms with Crippen LogP contribution in [0.15, 0.2) is 27.1 Å². The normalized spacial score (nSPS) is 12.6. The van der Waals surface area contributed by atoms with Crippen molar-refractivity contribution < 1.29 is 14.4 Å². The van der Waals surface area contributed by atoms with Gasteiger partial charge in [-0.1, -0.05) is 0 Å². The molecule has 90 valence electrons. The molecule has 0 radical (unpaired) electrons. The van der Waals surface area contributed by atoms with Crippen molar-refractivity contribution >= 4 is 33.2 Å². The lowest BCUT2D eigenvalue weighted by molar-refractivity contribution is -0.402. The number of nitro groups is 1. The van der Waals surface area contributed by atoms with E-state index in [9.17, 15) is 15.2 Å². The fraction of sp³-hybridized carbons (Fsp3) is 0.200. The third-order valence-corrected chi connectivity index (χ3v) is 4.17. The van der Waals surface area contributed by atoms with Crippen molar-refractivity contribution in [2.45, 2.75) is 13.0 Å². The molecule has 0 aromatic carbocycles. The molecule has 5 nitrogen and oxygen atoms in total. The summed E-state index contributed by atoms with van der Waals surface area (Å²) in [5, 5.41) is 20.5. The van der Waals surface area contributed by atoms with E-state index < -0.39 is 11.0 Å². The first-order valence-electron chi connectivity index (χ1n) is 4.67. The van der Waals surface area contributed by atoms with Gasteiger partial charge in [-0.2, -0.15) is 0 Å². The molecule has 1 atom stereocenters. The van der Waals surface area contributed by atoms with Gasteiger partial charge < -0.3 is 9.52 Å². The molecule has 0 spiro atoms. The fourth-order valence-electron chi connectivity index (χ4n) is 1.40. The zero-order valence-electron chi connectivity index (χ0n) is 8.71. The quantitative estimate of drug-likeness (QED) is 0.695. The first-order valence-corrected chi connectivity index (χ1v) is 6.28. The number of halogens is 1. The van der Waals surface area contributed by atoms with Crippen LogP contribution in [0.25, 0.3) is 0 Å². The number of hydrogen-bond donors (Lipinski definition) is 1. The van der Waals surface area contributed by atoms with Gasteiger partial charge in [-0.15, -0.1) is 11.3 Å². The molecule has 0 amide bonds. The average Bonchev–Trinajstić information content (AvgIpc) is 2.84. The summed E-state index contributed by atoms with van der Waals surface area (Å²) >= 11 is 4.73. The molecule has 0 aliphatic heterocycles. The Morgan fingerprint density at radius 3 is 2.76 bits per heavy atom. The molecular formula is C10H8BrNO4S. The highest BCUT2D eigenvalue weighted by Gasteiger charge is 2.22. The maximum Gasteiger partial charge on any atom is 0.433 e. The molecule has 2 aromatic rings. The van der Waals surface area contributed by atoms with Crippen LogP contribution in [0.5, 0.6) is 0 Å². The van der Waals surface area contributed by atoms with E-state index in [0.29, 0.717) is 4.88 Å². The van der Waals surface area contributed by atoms with Crippen molar-refractivity contribution in [2.75, 3.05) is 0 Å². The first-order chi connectivity index (χ1) is 7.99. The number of aliphatic hydroxyl groups excluding tert-OH is 1. The van der Waals surface area contributed by atoms with Crippen LogP contribution in [0.4, 0.5) is 5.88 Å². The molecule has 7 heteroatoms. The smallest absolute Gasteiger partial charge is 0.403 e. The van der Waals surface area contributed by atoms with Crippen molar-refractivity contribution in [3.8, 4) is 0 Å². The maximum absolute atomic E-state index is 10.5. The minimum atomic E-state index is -0.989. The molecule has 2 rings (SSSR count). The van der Waals surface area contributed by atoms with E-state index in [4.69, 9.17) is 4.42 Å². The van der Waals surface area contributed by atoms with Crippen LogP contribution >= 0.6 is 27.3 Å². The van der Waals surface area contributed by atoms with E-state index >= 15 is 0 Å². The van der Waals surface area contributed by atoms with Gasteiger partial charge in [0.05, 0.1) is 10.9 Å². The predicted octanol–water partition coefficient (Wildman–Crippen LogP) is 3.40. The molecule has 2 heterocycles. The molecule has 0 aliphatic rings. The lowest BCUT2D eigenvalue weighted by Gasteiger charge is -2.04. The fourth-order valence-corrected chi connectivity index (χ4v) is 3.27. The van der Waals surface area contributed by atoms with E-state index in [1.165, 1.54) is 23.5 Å². The largest absolute Gasteiger partial charge is 0.433 e. The Balaban J connectivity index is 2.33. The molecule has 0 aliphatic carbocycles. The van der Waals surface area contributed by atoms with Crippen LogP contribution in [0.3, 0.4) is 0 Å². The first kappa shape index (κ1) is 12.3. The summed E-state index contributed by atoms with van der Waals surface area (Å²) in [6, 6.07) is 4.51. The van der Waals surface area contributed by atoms with E-state index in [2.05, 4.69) is 15.9 Å². The Morgan fingerprint density at radius 2 is 2.29 bits per heavy atom. The van der Waals surface area contributed by atoms with Gasteiger partial charge in [-0.25, -0.2) is 0 Å². The zero-order valence-corrected chi connectivity index (χ0v) is 11.1. The van der Waals surface area contributed by atoms with Crippen LogP contribution in [-0.4, -0.2) is 10.0 Å². The van der Waals surface area contributed by atoms with Gasteiger partial charge >= 0.3 is 5.88 Å². The highest BCUT2D eigenvalue weighted by molar-refractivity contribution is 9.10. The molecule has 1 N–H and O–H groups in total. The number of aliphatic hydroxyl groups is 1. The van der Waals surface area contributed by atoms with Crippen LogP contribution in [0, 0.1) is 17.0 Å². The second-order valence-electron chi connectivity index (χ2n) is 3.40. The number of nitrogens with zero attached hydrogens (tertiary/aromatic N) is 1. The maximum atomic E-state index is 10.5. The summed E-state index contributed by atoms with van der Waals surface area (Å²) in [5.41, 5.74) is 0. The van der Waals surface area contributed by atoms with Gasteiger partial charge in [0.1, 0.15) is 16.8 Å². The lowest BCUT2D eigenvalue weighted by Crippen LogP contribution is -1.95. The van der Waals surface area contributed by atoms with Crippen LogP contribution in [0.1, 0.15) is 21.6 Å². The Kier molecular flexibility index (Phi) is 3.32. The van der Waals surface area contributed by atoms with Crippen molar-refractivity contribution in [2.24, 2.45) is 0 Å². The van der Waals surface area contributed by atoms with Crippen LogP contribution in [0.2, 0.25) is 0 Å². The molecule has 0 bridgehead atoms. The summed E-state index contributed by atoms with van der Waals surface area (Å²) in [7, 11) is 0. The summed E-state index contributed by atoms with van der Waals surface area (Å²) < 4.78 is 5.73. The topological polar surface area (TPSA) is 76.5 Å². The van der Waals surface area contributed by atoms with Crippen molar-refractivity contribution in [1.82, 2.24) is 0 Å². The monoisotopic (exact) mass is 317 g/mol. The standard InChI is InChI=1S/C10H8BrNO4S/c1-5-4-6(11)10(17-5)9(13)7-2-3-8(16-7)12(14)15/h2-4,9,13H,1H3. The predicted molar refractivity (Wildman–Crippen MR) is 66.2 cm³/mol. The number of thiophene rings is 1. The van der Waals surface area contributed by atoms with Gasteiger partial charge in [-0.05, 0) is 35.0 Å². The second kappa shape index (κ2) is 4.59. The summed E-state index contributed by atoms with van der Waals surface area (Å²) in [4.78, 5) is 11.5. The Hall–Kier alpha value is -1.18. The van der Waals surface area contributed by atoms with Crippen LogP contribution in [-0.2, 0) is 0 Å². The summed E-state index contributed by atoms with van der Waals surface area (Å²) in [6.07, 6.45) is -0.989. The molecule has 1 unspecified atom stereocenters. The van der Waals surface area contributed by atoms with E-state index in [1.807, 2.05) is 13.0 Å². The zero-order chi connectivity index (χ0) is 12.6. The average molecular weight is 318 g/mol. The molecule has 0 saturated carbocycles. The van der Waals surface area contributed by atoms with Crippen molar-refractivity contribution in [1.29, 1.82) is 0 Å². The van der Waals surface area contributed by atoms with Crippen molar-refractivity contribution in [3.63, 3.8) is 0 Å². The number of rotatable bonds is 3. The third-order valence-electron chi connectivity index (χ3n) is 2.15. The van der Waals surface area contributed by atoms with Crippen LogP contribution < -0.4 is 0 Å². The lowest BCUT2D eigenvalue weighted by atomic mass is 10.2. The second-order valence-corrected chi connectivity index (χ2v) is 5.55. The van der Waals surface area contributed by atoms with Gasteiger partial charge in [0, 0.05) is 9.35 Å². The number of aryl methyl sites for hydroxylation is 1. The molecule has 17 heavy (non-hydrogen) atoms. The summed E-state index contributed by atoms with van der Waals surface area (Å²) in [5.74, 6) is -0.206. The number of hydrogen-bond acceptors (Lipinski definition) is 5. The minimum Gasteiger partial charge on any atom is -0.403 e. The Morgan fingerprint density at radius 1 is 1.59 bits per heavy atom. The SMILES string of the molecule is Cc1cc(Br)c(C(O)c2ccc([N+](=O)[O-])o2)s1. The minimum absolute atomic E-state index is 0.166. The van der Waals surface area contributed by atoms with Gasteiger partial charge in [0.15, 0.2) is 0 Å². The summed E-state index contributed by atoms with van der Waals surface area (Å²) in [6.45, 7) is 1.91. The van der Waals surface area contributed by atoms with E-state index in [-0.39, 0.29) is 11.6 Å². The highest BCUT2D eigenvalue weighted by atomic mass is 79.9. The van der Waals surface area contributed by atoms with E-state index in [0.717, 1.165) is 9.35 Å². The highest BCUT2D eigenvalue weighted by Crippen LogP contribution is 2.36. The third kappa shape index (κ3) is 2.41. The molecule has 0 saturated heterocycles. The molecule has 0 fully saturated rings. The van der Waals surface area contributed by atoms with Gasteiger partial charge in [0.25, 0.3) is 0 Å². The molecule has 2 aromatic heterocycles. The van der Waals surface area contributed by atoms with E-state index in [1.54, 1.807) is 0 Å². The van der Waals surface area contributed by atoms with Crippen molar-refractivity contribution in [3.05, 3.63) is 48.3 Å². The van der Waals surface area contributed by atoms with Gasteiger partial charge in [0.2, 0.25) is 0 Å². The number of furan rings is 1. The van der Waals surface area contributed by atoms with Gasteiger partial charge in [-0.3, -0.25) is 10.1 Å². The Bertz CT molecular complexity index is 562. The molecular weight excluding hydrogens is 310 g/mol.